The summed E-state index contributed by atoms with van der Waals surface area (Å²) < 4.78 is 20.5. The van der Waals surface area contributed by atoms with E-state index in [-0.39, 0.29) is 5.82 Å². The van der Waals surface area contributed by atoms with Crippen LogP contribution in [-0.4, -0.2) is 27.1 Å². The van der Waals surface area contributed by atoms with E-state index in [1.54, 1.807) is 23.9 Å². The summed E-state index contributed by atoms with van der Waals surface area (Å²) >= 11 is 1.60. The molecule has 0 unspecified atom stereocenters. The summed E-state index contributed by atoms with van der Waals surface area (Å²) in [5.74, 6) is 2.02. The topological polar surface area (TPSA) is 39.9 Å². The molecule has 2 aromatic carbocycles. The van der Waals surface area contributed by atoms with Gasteiger partial charge in [-0.05, 0) is 31.2 Å². The number of halogens is 1. The Morgan fingerprint density at radius 1 is 1.04 bits per heavy atom. The first-order valence-electron chi connectivity index (χ1n) is 7.77. The third kappa shape index (κ3) is 3.94. The lowest BCUT2D eigenvalue weighted by atomic mass is 10.2. The number of nitrogens with zero attached hydrogens (tertiary/aromatic N) is 3. The molecule has 0 amide bonds. The third-order valence-electron chi connectivity index (χ3n) is 3.46. The van der Waals surface area contributed by atoms with Gasteiger partial charge in [-0.25, -0.2) is 4.39 Å². The van der Waals surface area contributed by atoms with Gasteiger partial charge in [-0.2, -0.15) is 0 Å². The van der Waals surface area contributed by atoms with E-state index in [0.29, 0.717) is 12.4 Å². The maximum atomic E-state index is 12.8. The van der Waals surface area contributed by atoms with Gasteiger partial charge in [0.2, 0.25) is 0 Å². The van der Waals surface area contributed by atoms with Gasteiger partial charge in [0.1, 0.15) is 11.6 Å². The van der Waals surface area contributed by atoms with Crippen molar-refractivity contribution in [1.82, 2.24) is 14.8 Å². The molecule has 0 fully saturated rings. The molecule has 0 radical (unpaired) electrons. The monoisotopic (exact) mass is 343 g/mol. The van der Waals surface area contributed by atoms with Crippen LogP contribution in [0.4, 0.5) is 4.39 Å². The average Bonchev–Trinajstić information content (AvgIpc) is 3.04. The molecule has 0 N–H and O–H groups in total. The van der Waals surface area contributed by atoms with Gasteiger partial charge in [0, 0.05) is 17.9 Å². The van der Waals surface area contributed by atoms with Crippen LogP contribution in [-0.2, 0) is 6.54 Å². The van der Waals surface area contributed by atoms with E-state index in [1.165, 1.54) is 12.1 Å². The quantitative estimate of drug-likeness (QED) is 0.474. The number of ether oxygens (including phenoxy) is 1. The molecule has 0 aliphatic rings. The van der Waals surface area contributed by atoms with Crippen molar-refractivity contribution in [2.45, 2.75) is 18.6 Å². The summed E-state index contributed by atoms with van der Waals surface area (Å²) in [5.41, 5.74) is 1.06. The zero-order valence-electron chi connectivity index (χ0n) is 13.4. The molecule has 0 spiro atoms. The van der Waals surface area contributed by atoms with E-state index >= 15 is 0 Å². The summed E-state index contributed by atoms with van der Waals surface area (Å²) in [6.45, 7) is 3.40. The zero-order chi connectivity index (χ0) is 16.8. The van der Waals surface area contributed by atoms with Crippen LogP contribution >= 0.6 is 11.8 Å². The summed E-state index contributed by atoms with van der Waals surface area (Å²) in [6, 6.07) is 16.1. The van der Waals surface area contributed by atoms with Crippen LogP contribution in [0.15, 0.2) is 59.8 Å². The van der Waals surface area contributed by atoms with Gasteiger partial charge in [0.05, 0.1) is 6.61 Å². The third-order valence-corrected chi connectivity index (χ3v) is 4.39. The number of benzene rings is 2. The highest BCUT2D eigenvalue weighted by atomic mass is 32.2. The smallest absolute Gasteiger partial charge is 0.191 e. The van der Waals surface area contributed by atoms with Gasteiger partial charge >= 0.3 is 0 Å². The molecule has 1 heterocycles. The molecule has 0 saturated carbocycles. The minimum atomic E-state index is -0.263. The Morgan fingerprint density at radius 2 is 1.79 bits per heavy atom. The largest absolute Gasteiger partial charge is 0.493 e. The number of hydrogen-bond acceptors (Lipinski definition) is 4. The van der Waals surface area contributed by atoms with Crippen molar-refractivity contribution in [3.63, 3.8) is 0 Å². The van der Waals surface area contributed by atoms with E-state index in [9.17, 15) is 4.39 Å². The lowest BCUT2D eigenvalue weighted by Gasteiger charge is -2.08. The van der Waals surface area contributed by atoms with Crippen molar-refractivity contribution in [3.8, 4) is 17.1 Å². The van der Waals surface area contributed by atoms with Gasteiger partial charge in [-0.15, -0.1) is 10.2 Å². The average molecular weight is 343 g/mol. The molecule has 0 bridgehead atoms. The Balaban J connectivity index is 1.59. The van der Waals surface area contributed by atoms with Gasteiger partial charge < -0.3 is 9.30 Å². The highest BCUT2D eigenvalue weighted by molar-refractivity contribution is 7.99. The first-order chi connectivity index (χ1) is 11.8. The van der Waals surface area contributed by atoms with Crippen LogP contribution in [0.2, 0.25) is 0 Å². The molecule has 3 rings (SSSR count). The fraction of sp³-hybridized carbons (Fsp3) is 0.222. The summed E-state index contributed by atoms with van der Waals surface area (Å²) in [6.07, 6.45) is 0. The predicted octanol–water partition coefficient (Wildman–Crippen LogP) is 4.28. The van der Waals surface area contributed by atoms with Crippen LogP contribution < -0.4 is 4.74 Å². The van der Waals surface area contributed by atoms with Gasteiger partial charge in [-0.3, -0.25) is 0 Å². The highest BCUT2D eigenvalue weighted by Crippen LogP contribution is 2.23. The molecular weight excluding hydrogens is 325 g/mol. The summed E-state index contributed by atoms with van der Waals surface area (Å²) in [5, 5.41) is 9.48. The molecule has 3 aromatic rings. The van der Waals surface area contributed by atoms with Gasteiger partial charge in [-0.1, -0.05) is 42.1 Å². The minimum Gasteiger partial charge on any atom is -0.493 e. The number of thioether (sulfide) groups is 1. The minimum absolute atomic E-state index is 0.263. The van der Waals surface area contributed by atoms with E-state index in [2.05, 4.69) is 21.7 Å². The predicted molar refractivity (Wildman–Crippen MR) is 93.8 cm³/mol. The van der Waals surface area contributed by atoms with E-state index < -0.39 is 0 Å². The van der Waals surface area contributed by atoms with Crippen LogP contribution in [0.5, 0.6) is 5.75 Å². The van der Waals surface area contributed by atoms with Crippen LogP contribution in [0, 0.1) is 5.82 Å². The fourth-order valence-electron chi connectivity index (χ4n) is 2.30. The van der Waals surface area contributed by atoms with Gasteiger partial charge in [0.15, 0.2) is 11.0 Å². The molecular formula is C18H18FN3OS. The van der Waals surface area contributed by atoms with Crippen LogP contribution in [0.25, 0.3) is 11.4 Å². The Bertz CT molecular complexity index is 775. The molecule has 0 aliphatic carbocycles. The van der Waals surface area contributed by atoms with Crippen molar-refractivity contribution in [2.24, 2.45) is 0 Å². The molecule has 6 heteroatoms. The van der Waals surface area contributed by atoms with E-state index in [4.69, 9.17) is 4.74 Å². The highest BCUT2D eigenvalue weighted by Gasteiger charge is 2.12. The SMILES string of the molecule is CCn1c(SCCOc2ccc(F)cc2)nnc1-c1ccccc1. The number of rotatable bonds is 7. The summed E-state index contributed by atoms with van der Waals surface area (Å²) in [4.78, 5) is 0. The molecule has 0 saturated heterocycles. The molecule has 0 aliphatic heterocycles. The van der Waals surface area contributed by atoms with E-state index in [1.807, 2.05) is 30.3 Å². The number of hydrogen-bond donors (Lipinski definition) is 0. The van der Waals surface area contributed by atoms with Crippen molar-refractivity contribution in [3.05, 3.63) is 60.4 Å². The first-order valence-corrected chi connectivity index (χ1v) is 8.76. The fourth-order valence-corrected chi connectivity index (χ4v) is 3.12. The van der Waals surface area contributed by atoms with Crippen molar-refractivity contribution < 1.29 is 9.13 Å². The Hall–Kier alpha value is -2.34. The second-order valence-electron chi connectivity index (χ2n) is 5.07. The zero-order valence-corrected chi connectivity index (χ0v) is 14.2. The Kier molecular flexibility index (Phi) is 5.48. The first kappa shape index (κ1) is 16.5. The molecule has 4 nitrogen and oxygen atoms in total. The molecule has 124 valence electrons. The Morgan fingerprint density at radius 3 is 2.50 bits per heavy atom. The molecule has 24 heavy (non-hydrogen) atoms. The van der Waals surface area contributed by atoms with Crippen molar-refractivity contribution in [2.75, 3.05) is 12.4 Å². The van der Waals surface area contributed by atoms with Crippen molar-refractivity contribution in [1.29, 1.82) is 0 Å². The maximum Gasteiger partial charge on any atom is 0.191 e. The second-order valence-corrected chi connectivity index (χ2v) is 6.13. The second kappa shape index (κ2) is 7.97. The van der Waals surface area contributed by atoms with Crippen LogP contribution in [0.3, 0.4) is 0 Å². The van der Waals surface area contributed by atoms with Crippen LogP contribution in [0.1, 0.15) is 6.92 Å². The van der Waals surface area contributed by atoms with Gasteiger partial charge in [0.25, 0.3) is 0 Å². The van der Waals surface area contributed by atoms with E-state index in [0.717, 1.165) is 28.8 Å². The lowest BCUT2D eigenvalue weighted by molar-refractivity contribution is 0.343. The standard InChI is InChI=1S/C18H18FN3OS/c1-2-22-17(14-6-4-3-5-7-14)20-21-18(22)24-13-12-23-16-10-8-15(19)9-11-16/h3-11H,2,12-13H2,1H3. The Labute approximate surface area is 144 Å². The summed E-state index contributed by atoms with van der Waals surface area (Å²) in [7, 11) is 0. The molecule has 0 atom stereocenters. The maximum absolute atomic E-state index is 12.8. The lowest BCUT2D eigenvalue weighted by Crippen LogP contribution is -2.03. The molecule has 1 aromatic heterocycles. The van der Waals surface area contributed by atoms with Crippen molar-refractivity contribution >= 4 is 11.8 Å². The number of aromatic nitrogens is 3. The normalized spacial score (nSPS) is 10.8.